The van der Waals surface area contributed by atoms with Gasteiger partial charge < -0.3 is 20.1 Å². The maximum absolute atomic E-state index is 13.2. The fourth-order valence-corrected chi connectivity index (χ4v) is 5.37. The third-order valence-electron chi connectivity index (χ3n) is 5.15. The first kappa shape index (κ1) is 20.8. The molecule has 2 aromatic heterocycles. The fraction of sp³-hybridized carbons (Fsp3) is 0.381. The minimum Gasteiger partial charge on any atom is -0.488 e. The zero-order chi connectivity index (χ0) is 21.3. The number of benzene rings is 1. The Morgan fingerprint density at radius 1 is 1.30 bits per heavy atom. The number of amides is 2. The molecule has 3 aromatic rings. The van der Waals surface area contributed by atoms with Gasteiger partial charge in [-0.05, 0) is 32.0 Å². The quantitative estimate of drug-likeness (QED) is 0.608. The van der Waals surface area contributed by atoms with Gasteiger partial charge >= 0.3 is 0 Å². The molecule has 2 amide bonds. The number of aromatic nitrogens is 1. The molecule has 1 saturated heterocycles. The highest BCUT2D eigenvalue weighted by Gasteiger charge is 2.43. The van der Waals surface area contributed by atoms with E-state index in [0.717, 1.165) is 24.8 Å². The molecule has 3 heterocycles. The Kier molecular flexibility index (Phi) is 5.77. The van der Waals surface area contributed by atoms with E-state index in [-0.39, 0.29) is 18.4 Å². The van der Waals surface area contributed by atoms with Crippen molar-refractivity contribution in [1.29, 1.82) is 0 Å². The maximum atomic E-state index is 13.2. The van der Waals surface area contributed by atoms with E-state index in [1.54, 1.807) is 29.7 Å². The summed E-state index contributed by atoms with van der Waals surface area (Å²) in [6.45, 7) is 4.91. The molecule has 158 valence electrons. The average Bonchev–Trinajstić information content (AvgIpc) is 3.44. The van der Waals surface area contributed by atoms with Crippen LogP contribution in [0.5, 0.6) is 5.75 Å². The first-order valence-electron chi connectivity index (χ1n) is 9.61. The number of hydrogen-bond acceptors (Lipinski definition) is 7. The van der Waals surface area contributed by atoms with E-state index < -0.39 is 5.54 Å². The summed E-state index contributed by atoms with van der Waals surface area (Å²) in [5, 5.41) is 7.40. The van der Waals surface area contributed by atoms with Crippen LogP contribution in [0.3, 0.4) is 0 Å². The third-order valence-corrected chi connectivity index (χ3v) is 7.12. The van der Waals surface area contributed by atoms with E-state index in [0.29, 0.717) is 30.9 Å². The zero-order valence-corrected chi connectivity index (χ0v) is 18.7. The normalized spacial score (nSPS) is 18.5. The molecule has 30 heavy (non-hydrogen) atoms. The molecular formula is C21H23N3O4S2. The van der Waals surface area contributed by atoms with Gasteiger partial charge in [0.2, 0.25) is 5.91 Å². The predicted octanol–water partition coefficient (Wildman–Crippen LogP) is 3.19. The van der Waals surface area contributed by atoms with Gasteiger partial charge in [0.05, 0.1) is 22.1 Å². The molecule has 0 radical (unpaired) electrons. The minimum atomic E-state index is -1.04. The van der Waals surface area contributed by atoms with Crippen molar-refractivity contribution in [3.8, 4) is 5.75 Å². The summed E-state index contributed by atoms with van der Waals surface area (Å²) in [4.78, 5) is 31.8. The molecule has 1 aliphatic heterocycles. The molecule has 0 aliphatic carbocycles. The van der Waals surface area contributed by atoms with Crippen molar-refractivity contribution in [3.05, 3.63) is 44.7 Å². The number of rotatable bonds is 6. The highest BCUT2D eigenvalue weighted by molar-refractivity contribution is 7.19. The first-order chi connectivity index (χ1) is 14.4. The lowest BCUT2D eigenvalue weighted by molar-refractivity contribution is -0.126. The fourth-order valence-electron chi connectivity index (χ4n) is 3.62. The molecule has 7 nitrogen and oxygen atoms in total. The molecular weight excluding hydrogens is 422 g/mol. The molecule has 0 bridgehead atoms. The molecule has 0 spiro atoms. The third kappa shape index (κ3) is 3.92. The van der Waals surface area contributed by atoms with Gasteiger partial charge in [-0.25, -0.2) is 4.98 Å². The number of carbonyl (C=O) groups excluding carboxylic acids is 2. The summed E-state index contributed by atoms with van der Waals surface area (Å²) < 4.78 is 12.3. The number of hydrogen-bond donors (Lipinski definition) is 2. The van der Waals surface area contributed by atoms with E-state index in [1.807, 2.05) is 38.2 Å². The standard InChI is InChI=1S/C21H23N3O4S2/c1-12-18(19(25)24-21(20(26)22-3)6-7-27-11-21)16-8-14(4-5-17(16)29-12)28-10-15-9-23-13(2)30-15/h4-5,8-9H,6-7,10-11H2,1-3H3,(H,22,26)(H,24,25). The van der Waals surface area contributed by atoms with Crippen molar-refractivity contribution in [1.82, 2.24) is 15.6 Å². The van der Waals surface area contributed by atoms with Crippen molar-refractivity contribution >= 4 is 44.6 Å². The Morgan fingerprint density at radius 3 is 2.80 bits per heavy atom. The number of carbonyl (C=O) groups is 2. The highest BCUT2D eigenvalue weighted by atomic mass is 32.1. The number of nitrogens with zero attached hydrogens (tertiary/aromatic N) is 1. The van der Waals surface area contributed by atoms with Crippen molar-refractivity contribution in [2.75, 3.05) is 20.3 Å². The van der Waals surface area contributed by atoms with Crippen molar-refractivity contribution < 1.29 is 19.1 Å². The number of nitrogens with one attached hydrogen (secondary N) is 2. The van der Waals surface area contributed by atoms with Crippen LogP contribution < -0.4 is 15.4 Å². The second-order valence-corrected chi connectivity index (χ2v) is 9.82. The zero-order valence-electron chi connectivity index (χ0n) is 17.0. The average molecular weight is 446 g/mol. The van der Waals surface area contributed by atoms with Crippen molar-refractivity contribution in [2.24, 2.45) is 0 Å². The lowest BCUT2D eigenvalue weighted by atomic mass is 9.96. The van der Waals surface area contributed by atoms with Crippen LogP contribution in [0, 0.1) is 13.8 Å². The van der Waals surface area contributed by atoms with Gasteiger partial charge in [-0.2, -0.15) is 0 Å². The second kappa shape index (κ2) is 8.33. The summed E-state index contributed by atoms with van der Waals surface area (Å²) in [7, 11) is 1.56. The monoisotopic (exact) mass is 445 g/mol. The number of likely N-dealkylation sites (N-methyl/N-ethyl adjacent to an activating group) is 1. The van der Waals surface area contributed by atoms with Crippen LogP contribution in [0.2, 0.25) is 0 Å². The Hall–Kier alpha value is -2.49. The molecule has 0 saturated carbocycles. The Balaban J connectivity index is 1.60. The summed E-state index contributed by atoms with van der Waals surface area (Å²) in [6, 6.07) is 5.76. The van der Waals surface area contributed by atoms with Gasteiger partial charge in [0.1, 0.15) is 17.9 Å². The lowest BCUT2D eigenvalue weighted by Crippen LogP contribution is -2.58. The molecule has 2 N–H and O–H groups in total. The maximum Gasteiger partial charge on any atom is 0.253 e. The second-order valence-electron chi connectivity index (χ2n) is 7.24. The summed E-state index contributed by atoms with van der Waals surface area (Å²) >= 11 is 3.15. The number of thiophene rings is 1. The molecule has 1 fully saturated rings. The van der Waals surface area contributed by atoms with Crippen LogP contribution in [0.4, 0.5) is 0 Å². The van der Waals surface area contributed by atoms with Gasteiger partial charge in [0.25, 0.3) is 5.91 Å². The minimum absolute atomic E-state index is 0.169. The van der Waals surface area contributed by atoms with Crippen LogP contribution in [-0.4, -0.2) is 42.6 Å². The Morgan fingerprint density at radius 2 is 2.13 bits per heavy atom. The smallest absolute Gasteiger partial charge is 0.253 e. The van der Waals surface area contributed by atoms with Gasteiger partial charge in [0, 0.05) is 41.2 Å². The lowest BCUT2D eigenvalue weighted by Gasteiger charge is -2.26. The van der Waals surface area contributed by atoms with Gasteiger partial charge in [-0.3, -0.25) is 9.59 Å². The summed E-state index contributed by atoms with van der Waals surface area (Å²) in [6.07, 6.45) is 2.26. The predicted molar refractivity (Wildman–Crippen MR) is 117 cm³/mol. The van der Waals surface area contributed by atoms with Gasteiger partial charge in [-0.1, -0.05) is 0 Å². The molecule has 9 heteroatoms. The van der Waals surface area contributed by atoms with Crippen LogP contribution >= 0.6 is 22.7 Å². The number of aryl methyl sites for hydroxylation is 2. The number of fused-ring (bicyclic) bond motifs is 1. The molecule has 1 aromatic carbocycles. The van der Waals surface area contributed by atoms with E-state index in [1.165, 1.54) is 0 Å². The van der Waals surface area contributed by atoms with Gasteiger partial charge in [0.15, 0.2) is 0 Å². The number of ether oxygens (including phenoxy) is 2. The van der Waals surface area contributed by atoms with Crippen LogP contribution in [0.15, 0.2) is 24.4 Å². The summed E-state index contributed by atoms with van der Waals surface area (Å²) in [5.74, 6) is 0.170. The molecule has 1 aliphatic rings. The van der Waals surface area contributed by atoms with Gasteiger partial charge in [-0.15, -0.1) is 22.7 Å². The van der Waals surface area contributed by atoms with Crippen LogP contribution in [0.1, 0.15) is 31.5 Å². The van der Waals surface area contributed by atoms with Crippen molar-refractivity contribution in [2.45, 2.75) is 32.4 Å². The molecule has 1 unspecified atom stereocenters. The number of thiazole rings is 1. The Labute approximate surface area is 182 Å². The van der Waals surface area contributed by atoms with E-state index in [2.05, 4.69) is 15.6 Å². The van der Waals surface area contributed by atoms with Crippen LogP contribution in [-0.2, 0) is 16.1 Å². The highest BCUT2D eigenvalue weighted by Crippen LogP contribution is 2.34. The molecule has 4 rings (SSSR count). The van der Waals surface area contributed by atoms with Crippen LogP contribution in [0.25, 0.3) is 10.1 Å². The van der Waals surface area contributed by atoms with E-state index >= 15 is 0 Å². The first-order valence-corrected chi connectivity index (χ1v) is 11.2. The van der Waals surface area contributed by atoms with E-state index in [9.17, 15) is 9.59 Å². The largest absolute Gasteiger partial charge is 0.488 e. The SMILES string of the molecule is CNC(=O)C1(NC(=O)c2c(C)sc3ccc(OCc4cnc(C)s4)cc23)CCOC1. The Bertz CT molecular complexity index is 1100. The topological polar surface area (TPSA) is 89.6 Å². The molecule has 1 atom stereocenters. The van der Waals surface area contributed by atoms with E-state index in [4.69, 9.17) is 9.47 Å². The summed E-state index contributed by atoms with van der Waals surface area (Å²) in [5.41, 5.74) is -0.464. The van der Waals surface area contributed by atoms with Crippen molar-refractivity contribution in [3.63, 3.8) is 0 Å².